The standard InChI is InChI=1S/C12H11BrN2O2S/c13-12-6-2-1-4-10(12)8-15-18(16,17)11-5-3-7-14-9-11/h1-7,9,15H,8H2. The lowest BCUT2D eigenvalue weighted by Crippen LogP contribution is -2.23. The maximum Gasteiger partial charge on any atom is 0.242 e. The van der Waals surface area contributed by atoms with Crippen LogP contribution >= 0.6 is 15.9 Å². The average Bonchev–Trinajstić information content (AvgIpc) is 2.39. The van der Waals surface area contributed by atoms with Gasteiger partial charge in [0, 0.05) is 23.4 Å². The third kappa shape index (κ3) is 3.16. The Balaban J connectivity index is 2.14. The number of pyridine rings is 1. The van der Waals surface area contributed by atoms with Crippen LogP contribution in [0.2, 0.25) is 0 Å². The van der Waals surface area contributed by atoms with Gasteiger partial charge in [-0.15, -0.1) is 0 Å². The molecule has 2 aromatic rings. The summed E-state index contributed by atoms with van der Waals surface area (Å²) in [5, 5.41) is 0. The number of rotatable bonds is 4. The molecule has 1 N–H and O–H groups in total. The fourth-order valence-electron chi connectivity index (χ4n) is 1.40. The molecule has 0 aliphatic carbocycles. The van der Waals surface area contributed by atoms with E-state index in [1.807, 2.05) is 24.3 Å². The van der Waals surface area contributed by atoms with Crippen molar-refractivity contribution < 1.29 is 8.42 Å². The molecule has 0 spiro atoms. The molecule has 1 aromatic carbocycles. The highest BCUT2D eigenvalue weighted by molar-refractivity contribution is 9.10. The second kappa shape index (κ2) is 5.60. The van der Waals surface area contributed by atoms with Crippen LogP contribution in [0.15, 0.2) is 58.2 Å². The fourth-order valence-corrected chi connectivity index (χ4v) is 2.80. The Hall–Kier alpha value is -1.24. The monoisotopic (exact) mass is 326 g/mol. The highest BCUT2D eigenvalue weighted by Gasteiger charge is 2.13. The van der Waals surface area contributed by atoms with Crippen LogP contribution in [0.3, 0.4) is 0 Å². The van der Waals surface area contributed by atoms with Gasteiger partial charge in [0.1, 0.15) is 4.90 Å². The van der Waals surface area contributed by atoms with Gasteiger partial charge in [-0.05, 0) is 23.8 Å². The Labute approximate surface area is 114 Å². The summed E-state index contributed by atoms with van der Waals surface area (Å²) < 4.78 is 27.3. The molecule has 4 nitrogen and oxygen atoms in total. The molecule has 0 amide bonds. The molecule has 0 saturated carbocycles. The second-order valence-electron chi connectivity index (χ2n) is 3.60. The molecule has 0 aliphatic rings. The van der Waals surface area contributed by atoms with E-state index in [-0.39, 0.29) is 11.4 Å². The van der Waals surface area contributed by atoms with Crippen molar-refractivity contribution in [2.75, 3.05) is 0 Å². The van der Waals surface area contributed by atoms with E-state index in [0.29, 0.717) is 0 Å². The number of benzene rings is 1. The van der Waals surface area contributed by atoms with Crippen LogP contribution in [0.25, 0.3) is 0 Å². The van der Waals surface area contributed by atoms with Gasteiger partial charge in [0.2, 0.25) is 10.0 Å². The Morgan fingerprint density at radius 3 is 2.61 bits per heavy atom. The molecule has 0 saturated heterocycles. The first kappa shape index (κ1) is 13.2. The lowest BCUT2D eigenvalue weighted by molar-refractivity contribution is 0.581. The van der Waals surface area contributed by atoms with Gasteiger partial charge in [0.05, 0.1) is 0 Å². The van der Waals surface area contributed by atoms with Gasteiger partial charge in [-0.1, -0.05) is 34.1 Å². The summed E-state index contributed by atoms with van der Waals surface area (Å²) in [6.07, 6.45) is 2.86. The van der Waals surface area contributed by atoms with Crippen LogP contribution in [0.5, 0.6) is 0 Å². The highest BCUT2D eigenvalue weighted by Crippen LogP contribution is 2.16. The Bertz CT molecular complexity index is 630. The number of nitrogens with zero attached hydrogens (tertiary/aromatic N) is 1. The van der Waals surface area contributed by atoms with Crippen molar-refractivity contribution in [3.8, 4) is 0 Å². The number of hydrogen-bond donors (Lipinski definition) is 1. The number of aromatic nitrogens is 1. The van der Waals surface area contributed by atoms with E-state index in [1.165, 1.54) is 18.5 Å². The summed E-state index contributed by atoms with van der Waals surface area (Å²) in [6.45, 7) is 0.235. The topological polar surface area (TPSA) is 59.1 Å². The second-order valence-corrected chi connectivity index (χ2v) is 6.23. The summed E-state index contributed by atoms with van der Waals surface area (Å²) in [5.74, 6) is 0. The van der Waals surface area contributed by atoms with Gasteiger partial charge >= 0.3 is 0 Å². The van der Waals surface area contributed by atoms with E-state index in [0.717, 1.165) is 10.0 Å². The molecule has 1 heterocycles. The van der Waals surface area contributed by atoms with Gasteiger partial charge in [-0.25, -0.2) is 13.1 Å². The normalized spacial score (nSPS) is 11.4. The number of hydrogen-bond acceptors (Lipinski definition) is 3. The quantitative estimate of drug-likeness (QED) is 0.938. The minimum Gasteiger partial charge on any atom is -0.263 e. The maximum atomic E-state index is 12.0. The first-order valence-electron chi connectivity index (χ1n) is 5.23. The van der Waals surface area contributed by atoms with Gasteiger partial charge in [-0.3, -0.25) is 4.98 Å². The minimum atomic E-state index is -3.51. The number of halogens is 1. The Morgan fingerprint density at radius 1 is 1.17 bits per heavy atom. The first-order valence-corrected chi connectivity index (χ1v) is 7.50. The van der Waals surface area contributed by atoms with E-state index in [9.17, 15) is 8.42 Å². The molecular weight excluding hydrogens is 316 g/mol. The Kier molecular flexibility index (Phi) is 4.11. The smallest absolute Gasteiger partial charge is 0.242 e. The van der Waals surface area contributed by atoms with E-state index in [4.69, 9.17) is 0 Å². The summed E-state index contributed by atoms with van der Waals surface area (Å²) in [6, 6.07) is 10.6. The molecule has 2 rings (SSSR count). The van der Waals surface area contributed by atoms with Crippen molar-refractivity contribution in [2.45, 2.75) is 11.4 Å². The molecule has 18 heavy (non-hydrogen) atoms. The summed E-state index contributed by atoms with van der Waals surface area (Å²) in [5.41, 5.74) is 0.880. The van der Waals surface area contributed by atoms with Gasteiger partial charge in [0.25, 0.3) is 0 Å². The molecule has 0 fully saturated rings. The number of nitrogens with one attached hydrogen (secondary N) is 1. The van der Waals surface area contributed by atoms with Crippen LogP contribution in [0.1, 0.15) is 5.56 Å². The van der Waals surface area contributed by atoms with Crippen LogP contribution in [-0.2, 0) is 16.6 Å². The molecular formula is C12H11BrN2O2S. The van der Waals surface area contributed by atoms with E-state index >= 15 is 0 Å². The lowest BCUT2D eigenvalue weighted by atomic mass is 10.2. The molecule has 0 unspecified atom stereocenters. The van der Waals surface area contributed by atoms with Crippen molar-refractivity contribution in [3.05, 3.63) is 58.8 Å². The largest absolute Gasteiger partial charge is 0.263 e. The van der Waals surface area contributed by atoms with Crippen LogP contribution in [-0.4, -0.2) is 13.4 Å². The van der Waals surface area contributed by atoms with E-state index in [2.05, 4.69) is 25.6 Å². The van der Waals surface area contributed by atoms with Crippen LogP contribution in [0.4, 0.5) is 0 Å². The van der Waals surface area contributed by atoms with Gasteiger partial charge < -0.3 is 0 Å². The van der Waals surface area contributed by atoms with Crippen LogP contribution < -0.4 is 4.72 Å². The average molecular weight is 327 g/mol. The molecule has 0 bridgehead atoms. The molecule has 0 radical (unpaired) electrons. The zero-order valence-electron chi connectivity index (χ0n) is 9.38. The first-order chi connectivity index (χ1) is 8.59. The zero-order valence-corrected chi connectivity index (χ0v) is 11.8. The fraction of sp³-hybridized carbons (Fsp3) is 0.0833. The van der Waals surface area contributed by atoms with Crippen molar-refractivity contribution in [1.82, 2.24) is 9.71 Å². The van der Waals surface area contributed by atoms with Crippen molar-refractivity contribution in [3.63, 3.8) is 0 Å². The summed E-state index contributed by atoms with van der Waals surface area (Å²) in [7, 11) is -3.51. The van der Waals surface area contributed by atoms with E-state index < -0.39 is 10.0 Å². The van der Waals surface area contributed by atoms with Crippen molar-refractivity contribution >= 4 is 26.0 Å². The summed E-state index contributed by atoms with van der Waals surface area (Å²) in [4.78, 5) is 3.96. The Morgan fingerprint density at radius 2 is 1.94 bits per heavy atom. The molecule has 0 aliphatic heterocycles. The maximum absolute atomic E-state index is 12.0. The third-order valence-corrected chi connectivity index (χ3v) is 4.52. The molecule has 0 atom stereocenters. The third-order valence-electron chi connectivity index (χ3n) is 2.36. The van der Waals surface area contributed by atoms with Gasteiger partial charge in [-0.2, -0.15) is 0 Å². The number of sulfonamides is 1. The molecule has 6 heteroatoms. The predicted molar refractivity (Wildman–Crippen MR) is 72.4 cm³/mol. The molecule has 94 valence electrons. The highest BCUT2D eigenvalue weighted by atomic mass is 79.9. The van der Waals surface area contributed by atoms with Gasteiger partial charge in [0.15, 0.2) is 0 Å². The zero-order chi connectivity index (χ0) is 13.0. The minimum absolute atomic E-state index is 0.164. The SMILES string of the molecule is O=S(=O)(NCc1ccccc1Br)c1cccnc1. The molecule has 1 aromatic heterocycles. The summed E-state index contributed by atoms with van der Waals surface area (Å²) >= 11 is 3.37. The van der Waals surface area contributed by atoms with Crippen LogP contribution in [0, 0.1) is 0 Å². The van der Waals surface area contributed by atoms with Crippen molar-refractivity contribution in [2.24, 2.45) is 0 Å². The predicted octanol–water partition coefficient (Wildman–Crippen LogP) is 2.32. The van der Waals surface area contributed by atoms with E-state index in [1.54, 1.807) is 6.07 Å². The van der Waals surface area contributed by atoms with Crippen molar-refractivity contribution in [1.29, 1.82) is 0 Å². The lowest BCUT2D eigenvalue weighted by Gasteiger charge is -2.07.